The van der Waals surface area contributed by atoms with Gasteiger partial charge in [0.1, 0.15) is 11.6 Å². The molecule has 12 heterocycles. The molecule has 0 spiro atoms. The highest BCUT2D eigenvalue weighted by Gasteiger charge is 2.18. The summed E-state index contributed by atoms with van der Waals surface area (Å²) < 4.78 is 44.5. The van der Waals surface area contributed by atoms with Crippen LogP contribution in [0.2, 0.25) is 0 Å². The molecule has 6 aliphatic heterocycles. The number of pyridine rings is 6. The maximum absolute atomic E-state index is 13.5. The molecule has 6 fully saturated rings. The van der Waals surface area contributed by atoms with E-state index >= 15 is 0 Å². The van der Waals surface area contributed by atoms with Gasteiger partial charge in [0.25, 0.3) is 0 Å². The largest absolute Gasteiger partial charge is 0.465 e. The number of carbonyl (C=O) groups excluding carboxylic acids is 1. The molecule has 6 saturated heterocycles. The second-order valence-electron chi connectivity index (χ2n) is 25.7. The summed E-state index contributed by atoms with van der Waals surface area (Å²) in [7, 11) is 1.38. The number of methoxy groups -OCH3 is 1. The highest BCUT2D eigenvalue weighted by Crippen LogP contribution is 2.17. The molecule has 0 bridgehead atoms. The van der Waals surface area contributed by atoms with E-state index in [0.29, 0.717) is 17.5 Å². The Bertz CT molecular complexity index is 2880. The predicted molar refractivity (Wildman–Crippen MR) is 368 cm³/mol. The van der Waals surface area contributed by atoms with Crippen LogP contribution in [0, 0.1) is 59.1 Å². The van der Waals surface area contributed by atoms with Crippen LogP contribution >= 0.6 is 0 Å². The quantitative estimate of drug-likeness (QED) is 0.0564. The lowest BCUT2D eigenvalue weighted by atomic mass is 10.1. The first kappa shape index (κ1) is 75.0. The van der Waals surface area contributed by atoms with E-state index < -0.39 is 11.8 Å². The molecule has 504 valence electrons. The molecule has 0 saturated carbocycles. The number of nitrogens with zero attached hydrogens (tertiary/aromatic N) is 12. The first-order valence-corrected chi connectivity index (χ1v) is 34.2. The molecule has 12 rings (SSSR count). The second-order valence-corrected chi connectivity index (χ2v) is 25.7. The monoisotopic (exact) mass is 1270 g/mol. The number of aromatic nitrogens is 6. The SMILES string of the molecule is C.COC(=O)c1ccc(CCN2CCCC2)nc1.Cc1cc(F)c(CCN2CCCC2)nc1F.Cc1ccc(CCN2CCCC2)nc1.Cc1ccc(CCN2CCCC2)nc1.Cc1cnc(CCN2CCCC2)cc1C.Cc1cnc(CCN2CCCC2)cc1F. The Morgan fingerprint density at radius 1 is 0.380 bits per heavy atom. The minimum Gasteiger partial charge on any atom is -0.465 e. The average Bonchev–Trinajstić information content (AvgIpc) is 3.81. The lowest BCUT2D eigenvalue weighted by molar-refractivity contribution is 0.0600. The van der Waals surface area contributed by atoms with E-state index in [1.165, 1.54) is 222 Å². The number of halogens is 3. The predicted octanol–water partition coefficient (Wildman–Crippen LogP) is 13.0. The summed E-state index contributed by atoms with van der Waals surface area (Å²) in [5.41, 5.74) is 12.4. The molecule has 6 aliphatic rings. The van der Waals surface area contributed by atoms with Crippen molar-refractivity contribution in [2.75, 3.05) is 125 Å². The third kappa shape index (κ3) is 27.9. The van der Waals surface area contributed by atoms with Gasteiger partial charge in [-0.3, -0.25) is 24.9 Å². The molecule has 6 aromatic rings. The number of rotatable bonds is 19. The Morgan fingerprint density at radius 3 is 1.05 bits per heavy atom. The number of hydrogen-bond donors (Lipinski definition) is 0. The van der Waals surface area contributed by atoms with Crippen molar-refractivity contribution >= 4 is 5.97 Å². The molecule has 0 radical (unpaired) electrons. The average molecular weight is 1270 g/mol. The summed E-state index contributed by atoms with van der Waals surface area (Å²) in [5.74, 6) is -1.42. The van der Waals surface area contributed by atoms with Crippen molar-refractivity contribution in [3.8, 4) is 0 Å². The number of ether oxygens (including phenoxy) is 1. The molecule has 17 heteroatoms. The van der Waals surface area contributed by atoms with E-state index in [0.717, 1.165) is 76.2 Å². The van der Waals surface area contributed by atoms with Gasteiger partial charge in [0.2, 0.25) is 5.95 Å². The number of likely N-dealkylation sites (tertiary alicyclic amines) is 6. The molecule has 6 aromatic heterocycles. The number of hydrogen-bond acceptors (Lipinski definition) is 14. The topological polar surface area (TPSA) is 123 Å². The highest BCUT2D eigenvalue weighted by atomic mass is 19.1. The van der Waals surface area contributed by atoms with Gasteiger partial charge in [-0.2, -0.15) is 4.39 Å². The van der Waals surface area contributed by atoms with Crippen LogP contribution in [0.25, 0.3) is 0 Å². The van der Waals surface area contributed by atoms with Gasteiger partial charge in [-0.05, 0) is 262 Å². The molecule has 92 heavy (non-hydrogen) atoms. The van der Waals surface area contributed by atoms with Crippen LogP contribution in [0.15, 0.2) is 85.6 Å². The van der Waals surface area contributed by atoms with Crippen molar-refractivity contribution in [1.82, 2.24) is 59.3 Å². The first-order chi connectivity index (χ1) is 44.2. The molecule has 0 unspecified atom stereocenters. The van der Waals surface area contributed by atoms with Gasteiger partial charge in [0.05, 0.1) is 18.4 Å². The highest BCUT2D eigenvalue weighted by molar-refractivity contribution is 5.88. The maximum Gasteiger partial charge on any atom is 0.339 e. The van der Waals surface area contributed by atoms with Gasteiger partial charge in [-0.1, -0.05) is 19.6 Å². The fraction of sp³-hybridized carbons (Fsp3) is 0.587. The molecular formula is C75H111F3N12O2. The van der Waals surface area contributed by atoms with E-state index in [4.69, 9.17) is 0 Å². The Hall–Kier alpha value is -6.08. The fourth-order valence-electron chi connectivity index (χ4n) is 12.0. The van der Waals surface area contributed by atoms with Crippen molar-refractivity contribution in [3.05, 3.63) is 176 Å². The third-order valence-electron chi connectivity index (χ3n) is 18.2. The number of carbonyl (C=O) groups is 1. The van der Waals surface area contributed by atoms with Crippen LogP contribution in [0.4, 0.5) is 13.2 Å². The minimum atomic E-state index is -0.558. The van der Waals surface area contributed by atoms with Gasteiger partial charge in [0.15, 0.2) is 0 Å². The molecule has 14 nitrogen and oxygen atoms in total. The normalized spacial score (nSPS) is 16.8. The molecular weight excluding hydrogens is 1160 g/mol. The van der Waals surface area contributed by atoms with Gasteiger partial charge in [-0.15, -0.1) is 0 Å². The molecule has 0 N–H and O–H groups in total. The lowest BCUT2D eigenvalue weighted by Gasteiger charge is -2.14. The molecule has 0 amide bonds. The van der Waals surface area contributed by atoms with Crippen LogP contribution < -0.4 is 0 Å². The Morgan fingerprint density at radius 2 is 0.717 bits per heavy atom. The van der Waals surface area contributed by atoms with E-state index in [1.54, 1.807) is 31.5 Å². The number of aryl methyl sites for hydroxylation is 6. The standard InChI is InChI=1S/C13H18N2O2.C13H20N2.C12H16F2N2.C12H17FN2.2C12H18N2.CH4/c1-17-13(16)11-4-5-12(14-10-11)6-9-15-7-2-3-8-15;1-11-9-13(14-10-12(11)2)5-8-15-6-3-4-7-15;1-9-8-10(13)11(15-12(9)14)4-7-16-5-2-3-6-16;1-10-9-14-11(8-12(10)13)4-7-15-5-2-3-6-15;2*1-11-4-5-12(13-10-11)6-9-14-7-2-3-8-14;/h4-5,10H,2-3,6-9H2,1H3;9-10H,3-8H2,1-2H3;8H,2-7H2,1H3;8-9H,2-7H2,1H3;2*4-5,10H,2-3,6-9H2,1H3;1H4. The summed E-state index contributed by atoms with van der Waals surface area (Å²) >= 11 is 0. The van der Waals surface area contributed by atoms with Crippen molar-refractivity contribution in [1.29, 1.82) is 0 Å². The van der Waals surface area contributed by atoms with Crippen LogP contribution in [-0.2, 0) is 43.3 Å². The van der Waals surface area contributed by atoms with Crippen molar-refractivity contribution < 1.29 is 22.7 Å². The van der Waals surface area contributed by atoms with Crippen molar-refractivity contribution in [2.24, 2.45) is 0 Å². The molecule has 0 aliphatic carbocycles. The zero-order valence-corrected chi connectivity index (χ0v) is 56.4. The molecule has 0 atom stereocenters. The zero-order chi connectivity index (χ0) is 64.6. The summed E-state index contributed by atoms with van der Waals surface area (Å²) in [6.45, 7) is 32.7. The smallest absolute Gasteiger partial charge is 0.339 e. The maximum atomic E-state index is 13.5. The second kappa shape index (κ2) is 41.6. The zero-order valence-electron chi connectivity index (χ0n) is 56.4. The number of esters is 1. The summed E-state index contributed by atoms with van der Waals surface area (Å²) in [4.78, 5) is 51.4. The fourth-order valence-corrected chi connectivity index (χ4v) is 12.0. The summed E-state index contributed by atoms with van der Waals surface area (Å²) in [5, 5.41) is 0. The van der Waals surface area contributed by atoms with Gasteiger partial charge >= 0.3 is 5.97 Å². The van der Waals surface area contributed by atoms with Crippen LogP contribution in [0.5, 0.6) is 0 Å². The van der Waals surface area contributed by atoms with Gasteiger partial charge in [0, 0.05) is 148 Å². The van der Waals surface area contributed by atoms with E-state index in [9.17, 15) is 18.0 Å². The van der Waals surface area contributed by atoms with Gasteiger partial charge < -0.3 is 34.1 Å². The first-order valence-electron chi connectivity index (χ1n) is 34.2. The van der Waals surface area contributed by atoms with Crippen LogP contribution in [0.1, 0.15) is 162 Å². The minimum absolute atomic E-state index is 0. The Labute approximate surface area is 551 Å². The van der Waals surface area contributed by atoms with E-state index in [2.05, 4.69) is 122 Å². The Balaban J connectivity index is 0.000000175. The van der Waals surface area contributed by atoms with E-state index in [1.807, 2.05) is 24.7 Å². The van der Waals surface area contributed by atoms with Crippen molar-refractivity contribution in [3.63, 3.8) is 0 Å². The van der Waals surface area contributed by atoms with Crippen LogP contribution in [-0.4, -0.2) is 190 Å². The molecule has 0 aromatic carbocycles. The summed E-state index contributed by atoms with van der Waals surface area (Å²) in [6, 6.07) is 17.3. The van der Waals surface area contributed by atoms with Crippen LogP contribution in [0.3, 0.4) is 0 Å². The summed E-state index contributed by atoms with van der Waals surface area (Å²) in [6.07, 6.45) is 30.6. The van der Waals surface area contributed by atoms with E-state index in [-0.39, 0.29) is 30.5 Å². The van der Waals surface area contributed by atoms with Gasteiger partial charge in [-0.25, -0.2) is 18.6 Å². The lowest BCUT2D eigenvalue weighted by Crippen LogP contribution is -2.22. The van der Waals surface area contributed by atoms with Crippen molar-refractivity contribution in [2.45, 2.75) is 165 Å². The Kier molecular flexibility index (Phi) is 33.9. The third-order valence-corrected chi connectivity index (χ3v) is 18.2.